The van der Waals surface area contributed by atoms with Crippen molar-refractivity contribution in [2.24, 2.45) is 7.05 Å². The molecule has 0 aliphatic carbocycles. The zero-order valence-corrected chi connectivity index (χ0v) is 9.72. The molecule has 0 atom stereocenters. The third kappa shape index (κ3) is 1.16. The molecule has 0 aliphatic heterocycles. The summed E-state index contributed by atoms with van der Waals surface area (Å²) in [7, 11) is 1.93. The highest BCUT2D eigenvalue weighted by Crippen LogP contribution is 2.30. The van der Waals surface area contributed by atoms with Gasteiger partial charge in [-0.05, 0) is 6.92 Å². The van der Waals surface area contributed by atoms with Crippen LogP contribution >= 0.6 is 22.9 Å². The van der Waals surface area contributed by atoms with Gasteiger partial charge >= 0.3 is 0 Å². The van der Waals surface area contributed by atoms with Crippen molar-refractivity contribution >= 4 is 44.3 Å². The number of halogens is 1. The molecule has 0 aromatic carbocycles. The first kappa shape index (κ1) is 9.06. The molecule has 4 nitrogen and oxygen atoms in total. The van der Waals surface area contributed by atoms with Gasteiger partial charge < -0.3 is 4.57 Å². The van der Waals surface area contributed by atoms with E-state index in [1.807, 2.05) is 18.5 Å². The Bertz CT molecular complexity index is 669. The summed E-state index contributed by atoms with van der Waals surface area (Å²) in [6.45, 7) is 1.96. The van der Waals surface area contributed by atoms with Crippen molar-refractivity contribution in [2.75, 3.05) is 0 Å². The predicted molar refractivity (Wildman–Crippen MR) is 61.4 cm³/mol. The molecule has 0 aliphatic rings. The Morgan fingerprint density at radius 1 is 1.33 bits per heavy atom. The monoisotopic (exact) mass is 238 g/mol. The molecule has 3 heterocycles. The molecule has 76 valence electrons. The van der Waals surface area contributed by atoms with E-state index in [9.17, 15) is 0 Å². The Hall–Kier alpha value is -1.20. The molecule has 0 saturated heterocycles. The quantitative estimate of drug-likeness (QED) is 0.566. The molecule has 6 heteroatoms. The van der Waals surface area contributed by atoms with Gasteiger partial charge in [0.25, 0.3) is 0 Å². The van der Waals surface area contributed by atoms with E-state index in [1.165, 1.54) is 0 Å². The van der Waals surface area contributed by atoms with Gasteiger partial charge in [-0.1, -0.05) is 22.9 Å². The second-order valence-corrected chi connectivity index (χ2v) is 4.88. The van der Waals surface area contributed by atoms with Gasteiger partial charge in [-0.3, -0.25) is 0 Å². The molecule has 3 aromatic heterocycles. The Balaban J connectivity index is 2.66. The van der Waals surface area contributed by atoms with Crippen LogP contribution in [0.4, 0.5) is 0 Å². The van der Waals surface area contributed by atoms with Crippen LogP contribution in [0.15, 0.2) is 6.33 Å². The lowest BCUT2D eigenvalue weighted by Crippen LogP contribution is -1.87. The number of hydrogen-bond donors (Lipinski definition) is 0. The Morgan fingerprint density at radius 3 is 2.93 bits per heavy atom. The van der Waals surface area contributed by atoms with E-state index in [4.69, 9.17) is 11.6 Å². The highest BCUT2D eigenvalue weighted by atomic mass is 35.5. The van der Waals surface area contributed by atoms with Crippen molar-refractivity contribution in [3.05, 3.63) is 16.5 Å². The number of fused-ring (bicyclic) bond motifs is 3. The molecule has 0 N–H and O–H groups in total. The molecule has 0 amide bonds. The highest BCUT2D eigenvalue weighted by Gasteiger charge is 2.14. The molecule has 0 unspecified atom stereocenters. The SMILES string of the molecule is Cc1nc2c(nc(Cl)c3ncn(C)c32)s1. The summed E-state index contributed by atoms with van der Waals surface area (Å²) in [6.07, 6.45) is 1.73. The third-order valence-electron chi connectivity index (χ3n) is 2.27. The van der Waals surface area contributed by atoms with Crippen molar-refractivity contribution < 1.29 is 0 Å². The molecule has 0 radical (unpaired) electrons. The molecule has 3 rings (SSSR count). The number of rotatable bonds is 0. The van der Waals surface area contributed by atoms with Gasteiger partial charge in [-0.15, -0.1) is 0 Å². The molecule has 0 saturated carbocycles. The van der Waals surface area contributed by atoms with Gasteiger partial charge in [0.15, 0.2) is 5.15 Å². The van der Waals surface area contributed by atoms with E-state index in [1.54, 1.807) is 17.7 Å². The smallest absolute Gasteiger partial charge is 0.158 e. The summed E-state index contributed by atoms with van der Waals surface area (Å²) < 4.78 is 1.92. The molecule has 0 spiro atoms. The minimum absolute atomic E-state index is 0.446. The van der Waals surface area contributed by atoms with Gasteiger partial charge in [-0.25, -0.2) is 15.0 Å². The summed E-state index contributed by atoms with van der Waals surface area (Å²) in [5.41, 5.74) is 2.56. The van der Waals surface area contributed by atoms with Crippen LogP contribution in [-0.4, -0.2) is 19.5 Å². The second-order valence-electron chi connectivity index (χ2n) is 3.34. The van der Waals surface area contributed by atoms with Gasteiger partial charge in [0, 0.05) is 7.05 Å². The zero-order valence-electron chi connectivity index (χ0n) is 8.15. The number of aromatic nitrogens is 4. The van der Waals surface area contributed by atoms with Crippen molar-refractivity contribution in [2.45, 2.75) is 6.92 Å². The Morgan fingerprint density at radius 2 is 2.13 bits per heavy atom. The van der Waals surface area contributed by atoms with Crippen LogP contribution in [0.2, 0.25) is 5.15 Å². The summed E-state index contributed by atoms with van der Waals surface area (Å²) in [4.78, 5) is 13.8. The molecule has 0 fully saturated rings. The summed E-state index contributed by atoms with van der Waals surface area (Å²) >= 11 is 7.60. The van der Waals surface area contributed by atoms with Crippen LogP contribution in [-0.2, 0) is 7.05 Å². The van der Waals surface area contributed by atoms with Gasteiger partial charge in [-0.2, -0.15) is 0 Å². The second kappa shape index (κ2) is 2.90. The first-order valence-electron chi connectivity index (χ1n) is 4.40. The summed E-state index contributed by atoms with van der Waals surface area (Å²) in [5.74, 6) is 0. The van der Waals surface area contributed by atoms with Gasteiger partial charge in [0.1, 0.15) is 21.4 Å². The number of nitrogens with zero attached hydrogens (tertiary/aromatic N) is 4. The maximum absolute atomic E-state index is 6.05. The van der Waals surface area contributed by atoms with E-state index >= 15 is 0 Å². The van der Waals surface area contributed by atoms with Gasteiger partial charge in [0.05, 0.1) is 11.3 Å². The topological polar surface area (TPSA) is 43.6 Å². The number of aryl methyl sites for hydroxylation is 2. The molecular formula is C9H7ClN4S. The zero-order chi connectivity index (χ0) is 10.6. The normalized spacial score (nSPS) is 11.7. The first-order valence-corrected chi connectivity index (χ1v) is 5.60. The fraction of sp³-hybridized carbons (Fsp3) is 0.222. The Kier molecular flexibility index (Phi) is 1.75. The lowest BCUT2D eigenvalue weighted by Gasteiger charge is -1.96. The maximum Gasteiger partial charge on any atom is 0.158 e. The van der Waals surface area contributed by atoms with Crippen LogP contribution in [0.3, 0.4) is 0 Å². The van der Waals surface area contributed by atoms with E-state index in [0.717, 1.165) is 26.4 Å². The molecule has 15 heavy (non-hydrogen) atoms. The molecular weight excluding hydrogens is 232 g/mol. The minimum Gasteiger partial charge on any atom is -0.332 e. The predicted octanol–water partition coefficient (Wildman–Crippen LogP) is 2.54. The lowest BCUT2D eigenvalue weighted by molar-refractivity contribution is 0.949. The number of pyridine rings is 1. The molecule has 3 aromatic rings. The fourth-order valence-corrected chi connectivity index (χ4v) is 2.71. The van der Waals surface area contributed by atoms with Crippen LogP contribution in [0.1, 0.15) is 5.01 Å². The van der Waals surface area contributed by atoms with E-state index in [0.29, 0.717) is 5.15 Å². The lowest BCUT2D eigenvalue weighted by atomic mass is 10.4. The van der Waals surface area contributed by atoms with Crippen molar-refractivity contribution in [1.29, 1.82) is 0 Å². The van der Waals surface area contributed by atoms with Crippen molar-refractivity contribution in [1.82, 2.24) is 19.5 Å². The fourth-order valence-electron chi connectivity index (χ4n) is 1.65. The average Bonchev–Trinajstić information content (AvgIpc) is 2.69. The summed E-state index contributed by atoms with van der Waals surface area (Å²) in [5, 5.41) is 1.43. The standard InChI is InChI=1S/C9H7ClN4S/c1-4-12-6-7-5(11-3-14(7)2)8(10)13-9(6)15-4/h3H,1-2H3. The van der Waals surface area contributed by atoms with Crippen LogP contribution in [0.5, 0.6) is 0 Å². The number of hydrogen-bond acceptors (Lipinski definition) is 4. The van der Waals surface area contributed by atoms with E-state index < -0.39 is 0 Å². The number of imidazole rings is 1. The van der Waals surface area contributed by atoms with Crippen LogP contribution in [0, 0.1) is 6.92 Å². The average molecular weight is 239 g/mol. The van der Waals surface area contributed by atoms with Crippen LogP contribution < -0.4 is 0 Å². The van der Waals surface area contributed by atoms with Crippen molar-refractivity contribution in [3.8, 4) is 0 Å². The minimum atomic E-state index is 0.446. The largest absolute Gasteiger partial charge is 0.332 e. The van der Waals surface area contributed by atoms with E-state index in [-0.39, 0.29) is 0 Å². The van der Waals surface area contributed by atoms with Crippen LogP contribution in [0.25, 0.3) is 21.4 Å². The van der Waals surface area contributed by atoms with E-state index in [2.05, 4.69) is 15.0 Å². The molecule has 0 bridgehead atoms. The third-order valence-corrected chi connectivity index (χ3v) is 3.40. The maximum atomic E-state index is 6.05. The number of thiazole rings is 1. The summed E-state index contributed by atoms with van der Waals surface area (Å²) in [6, 6.07) is 0. The van der Waals surface area contributed by atoms with Gasteiger partial charge in [0.2, 0.25) is 0 Å². The Labute approximate surface area is 94.5 Å². The first-order chi connectivity index (χ1) is 7.16. The van der Waals surface area contributed by atoms with Crippen molar-refractivity contribution in [3.63, 3.8) is 0 Å². The highest BCUT2D eigenvalue weighted by molar-refractivity contribution is 7.18.